The third kappa shape index (κ3) is 3.70. The number of rotatable bonds is 4. The molecule has 2 atom stereocenters. The molecule has 4 rings (SSSR count). The number of hydrogen-bond acceptors (Lipinski definition) is 4. The fourth-order valence-electron chi connectivity index (χ4n) is 5.16. The molecule has 1 aromatic rings. The lowest BCUT2D eigenvalue weighted by Gasteiger charge is -2.45. The molecule has 2 unspecified atom stereocenters. The van der Waals surface area contributed by atoms with E-state index in [9.17, 15) is 22.8 Å². The fourth-order valence-corrected chi connectivity index (χ4v) is 5.16. The highest BCUT2D eigenvalue weighted by Gasteiger charge is 2.62. The van der Waals surface area contributed by atoms with E-state index >= 15 is 0 Å². The summed E-state index contributed by atoms with van der Waals surface area (Å²) < 4.78 is 46.2. The molecule has 9 heteroatoms. The molecule has 0 spiro atoms. The lowest BCUT2D eigenvalue weighted by atomic mass is 9.69. The number of carbonyl (C=O) groups is 2. The first-order chi connectivity index (χ1) is 13.9. The van der Waals surface area contributed by atoms with E-state index in [4.69, 9.17) is 0 Å². The number of amides is 2. The van der Waals surface area contributed by atoms with Crippen molar-refractivity contribution in [2.75, 3.05) is 20.2 Å². The Hall–Kier alpha value is -2.45. The number of fused-ring (bicyclic) bond motifs is 1. The van der Waals surface area contributed by atoms with Crippen LogP contribution in [0.2, 0.25) is 0 Å². The quantitative estimate of drug-likeness (QED) is 0.800. The van der Waals surface area contributed by atoms with Gasteiger partial charge in [0.2, 0.25) is 5.91 Å². The summed E-state index contributed by atoms with van der Waals surface area (Å²) in [5.41, 5.74) is 0.784. The summed E-state index contributed by atoms with van der Waals surface area (Å²) in [5, 5.41) is 2.77. The van der Waals surface area contributed by atoms with Crippen LogP contribution in [0.1, 0.15) is 37.3 Å². The van der Waals surface area contributed by atoms with Crippen molar-refractivity contribution in [2.24, 2.45) is 11.8 Å². The lowest BCUT2D eigenvalue weighted by molar-refractivity contribution is -0.274. The topological polar surface area (TPSA) is 67.9 Å². The SMILES string of the molecule is COC(=O)NC1(C)CC(C(=O)N2CC3CC3(c3ccc(OC(F)(F)F)c(C)c3)C2)C1. The van der Waals surface area contributed by atoms with Crippen LogP contribution in [0.15, 0.2) is 18.2 Å². The van der Waals surface area contributed by atoms with E-state index in [0.29, 0.717) is 37.4 Å². The van der Waals surface area contributed by atoms with E-state index in [0.717, 1.165) is 12.0 Å². The molecule has 1 saturated heterocycles. The van der Waals surface area contributed by atoms with Gasteiger partial charge >= 0.3 is 12.5 Å². The van der Waals surface area contributed by atoms with Gasteiger partial charge in [0.1, 0.15) is 5.75 Å². The minimum atomic E-state index is -4.72. The van der Waals surface area contributed by atoms with E-state index in [2.05, 4.69) is 14.8 Å². The number of likely N-dealkylation sites (tertiary alicyclic amines) is 1. The van der Waals surface area contributed by atoms with Crippen molar-refractivity contribution < 1.29 is 32.2 Å². The number of alkyl halides is 3. The summed E-state index contributed by atoms with van der Waals surface area (Å²) in [6.45, 7) is 4.73. The van der Waals surface area contributed by atoms with Crippen LogP contribution in [0, 0.1) is 18.8 Å². The Morgan fingerprint density at radius 3 is 2.53 bits per heavy atom. The highest BCUT2D eigenvalue weighted by molar-refractivity contribution is 5.82. The highest BCUT2D eigenvalue weighted by atomic mass is 19.4. The second-order valence-electron chi connectivity index (χ2n) is 9.09. The van der Waals surface area contributed by atoms with Gasteiger partial charge in [0, 0.05) is 30.0 Å². The molecule has 30 heavy (non-hydrogen) atoms. The number of carbonyl (C=O) groups excluding carboxylic acids is 2. The largest absolute Gasteiger partial charge is 0.573 e. The van der Waals surface area contributed by atoms with Crippen LogP contribution in [0.3, 0.4) is 0 Å². The van der Waals surface area contributed by atoms with Gasteiger partial charge in [-0.1, -0.05) is 12.1 Å². The van der Waals surface area contributed by atoms with E-state index < -0.39 is 18.0 Å². The number of benzene rings is 1. The number of hydrogen-bond donors (Lipinski definition) is 1. The molecular weight excluding hydrogens is 401 g/mol. The Bertz CT molecular complexity index is 881. The van der Waals surface area contributed by atoms with Crippen molar-refractivity contribution in [2.45, 2.75) is 50.4 Å². The molecule has 1 aromatic carbocycles. The van der Waals surface area contributed by atoms with Crippen LogP contribution >= 0.6 is 0 Å². The van der Waals surface area contributed by atoms with Gasteiger partial charge in [-0.2, -0.15) is 0 Å². The first-order valence-electron chi connectivity index (χ1n) is 9.96. The summed E-state index contributed by atoms with van der Waals surface area (Å²) >= 11 is 0. The number of methoxy groups -OCH3 is 1. The van der Waals surface area contributed by atoms with Crippen LogP contribution in [0.4, 0.5) is 18.0 Å². The molecule has 0 aromatic heterocycles. The summed E-state index contributed by atoms with van der Waals surface area (Å²) in [6, 6.07) is 4.79. The predicted molar refractivity (Wildman–Crippen MR) is 101 cm³/mol. The zero-order chi connectivity index (χ0) is 21.9. The zero-order valence-electron chi connectivity index (χ0n) is 17.1. The average Bonchev–Trinajstić information content (AvgIpc) is 3.20. The summed E-state index contributed by atoms with van der Waals surface area (Å²) in [6.07, 6.45) is -3.15. The molecule has 0 radical (unpaired) electrons. The molecule has 2 aliphatic carbocycles. The molecule has 164 valence electrons. The number of aryl methyl sites for hydroxylation is 1. The average molecular weight is 426 g/mol. The van der Waals surface area contributed by atoms with E-state index in [1.54, 1.807) is 19.1 Å². The Morgan fingerprint density at radius 1 is 1.23 bits per heavy atom. The van der Waals surface area contributed by atoms with E-state index in [-0.39, 0.29) is 23.0 Å². The monoisotopic (exact) mass is 426 g/mol. The first kappa shape index (κ1) is 20.8. The van der Waals surface area contributed by atoms with Gasteiger partial charge in [-0.05, 0) is 56.2 Å². The van der Waals surface area contributed by atoms with Gasteiger partial charge in [0.25, 0.3) is 0 Å². The Morgan fingerprint density at radius 2 is 1.93 bits per heavy atom. The number of nitrogens with zero attached hydrogens (tertiary/aromatic N) is 1. The molecule has 6 nitrogen and oxygen atoms in total. The molecule has 1 heterocycles. The summed E-state index contributed by atoms with van der Waals surface area (Å²) in [5.74, 6) is 0.0815. The molecule has 0 bridgehead atoms. The van der Waals surface area contributed by atoms with Crippen molar-refractivity contribution in [3.05, 3.63) is 29.3 Å². The molecule has 2 amide bonds. The van der Waals surface area contributed by atoms with Gasteiger partial charge in [-0.15, -0.1) is 13.2 Å². The highest BCUT2D eigenvalue weighted by Crippen LogP contribution is 2.60. The van der Waals surface area contributed by atoms with Gasteiger partial charge < -0.3 is 19.7 Å². The molecular formula is C21H25F3N2O4. The third-order valence-electron chi connectivity index (χ3n) is 6.77. The molecule has 3 fully saturated rings. The Labute approximate surface area is 172 Å². The summed E-state index contributed by atoms with van der Waals surface area (Å²) in [7, 11) is 1.31. The van der Waals surface area contributed by atoms with Crippen LogP contribution in [-0.2, 0) is 14.9 Å². The maximum absolute atomic E-state index is 12.9. The second-order valence-corrected chi connectivity index (χ2v) is 9.09. The van der Waals surface area contributed by atoms with Crippen molar-refractivity contribution >= 4 is 12.0 Å². The minimum absolute atomic E-state index is 0.0828. The predicted octanol–water partition coefficient (Wildman–Crippen LogP) is 3.52. The maximum atomic E-state index is 12.9. The maximum Gasteiger partial charge on any atom is 0.573 e. The van der Waals surface area contributed by atoms with Crippen molar-refractivity contribution in [3.8, 4) is 5.75 Å². The van der Waals surface area contributed by atoms with Crippen molar-refractivity contribution in [3.63, 3.8) is 0 Å². The molecule has 3 aliphatic rings. The van der Waals surface area contributed by atoms with Gasteiger partial charge in [-0.25, -0.2) is 4.79 Å². The number of alkyl carbamates (subject to hydrolysis) is 1. The smallest absolute Gasteiger partial charge is 0.453 e. The number of piperidine rings is 1. The minimum Gasteiger partial charge on any atom is -0.453 e. The van der Waals surface area contributed by atoms with Crippen LogP contribution in [0.5, 0.6) is 5.75 Å². The van der Waals surface area contributed by atoms with Gasteiger partial charge in [-0.3, -0.25) is 4.79 Å². The molecule has 1 N–H and O–H groups in total. The number of halogens is 3. The standard InChI is InChI=1S/C21H25F3N2O4/c1-12-6-14(4-5-16(12)30-21(22,23)24)20-9-15(20)10-26(11-20)17(27)13-7-19(2,8-13)25-18(28)29-3/h4-6,13,15H,7-11H2,1-3H3,(H,25,28). The van der Waals surface area contributed by atoms with Crippen LogP contribution < -0.4 is 10.1 Å². The van der Waals surface area contributed by atoms with Gasteiger partial charge in [0.05, 0.1) is 7.11 Å². The van der Waals surface area contributed by atoms with E-state index in [1.165, 1.54) is 13.2 Å². The zero-order valence-corrected chi connectivity index (χ0v) is 17.1. The lowest BCUT2D eigenvalue weighted by Crippen LogP contribution is -2.58. The Kier molecular flexibility index (Phi) is 4.70. The van der Waals surface area contributed by atoms with Crippen LogP contribution in [0.25, 0.3) is 0 Å². The van der Waals surface area contributed by atoms with Crippen LogP contribution in [-0.4, -0.2) is 49.0 Å². The van der Waals surface area contributed by atoms with Crippen molar-refractivity contribution in [1.29, 1.82) is 0 Å². The number of nitrogens with one attached hydrogen (secondary N) is 1. The molecule has 1 aliphatic heterocycles. The molecule has 2 saturated carbocycles. The Balaban J connectivity index is 1.39. The van der Waals surface area contributed by atoms with Gasteiger partial charge in [0.15, 0.2) is 0 Å². The summed E-state index contributed by atoms with van der Waals surface area (Å²) in [4.78, 5) is 26.2. The second kappa shape index (κ2) is 6.78. The van der Waals surface area contributed by atoms with Crippen molar-refractivity contribution in [1.82, 2.24) is 10.2 Å². The number of ether oxygens (including phenoxy) is 2. The first-order valence-corrected chi connectivity index (χ1v) is 9.96. The third-order valence-corrected chi connectivity index (χ3v) is 6.77. The fraction of sp³-hybridized carbons (Fsp3) is 0.619. The normalized spacial score (nSPS) is 32.1. The van der Waals surface area contributed by atoms with E-state index in [1.807, 2.05) is 11.8 Å².